The van der Waals surface area contributed by atoms with Gasteiger partial charge in [0.2, 0.25) is 0 Å². The number of likely N-dealkylation sites (tertiary alicyclic amines) is 1. The van der Waals surface area contributed by atoms with E-state index >= 15 is 0 Å². The van der Waals surface area contributed by atoms with Crippen molar-refractivity contribution in [1.82, 2.24) is 4.90 Å². The van der Waals surface area contributed by atoms with Crippen molar-refractivity contribution in [3.05, 3.63) is 0 Å². The van der Waals surface area contributed by atoms with Gasteiger partial charge in [0.1, 0.15) is 0 Å². The summed E-state index contributed by atoms with van der Waals surface area (Å²) < 4.78 is 0. The third-order valence-corrected chi connectivity index (χ3v) is 7.09. The van der Waals surface area contributed by atoms with E-state index in [0.717, 1.165) is 25.7 Å². The van der Waals surface area contributed by atoms with Crippen LogP contribution in [0.3, 0.4) is 0 Å². The number of aliphatic carboxylic acids is 1. The summed E-state index contributed by atoms with van der Waals surface area (Å²) in [6.45, 7) is 11.3. The van der Waals surface area contributed by atoms with Crippen LogP contribution in [0, 0.1) is 11.8 Å². The summed E-state index contributed by atoms with van der Waals surface area (Å²) in [4.78, 5) is 14.4. The van der Waals surface area contributed by atoms with Crippen molar-refractivity contribution in [1.29, 1.82) is 0 Å². The minimum Gasteiger partial charge on any atom is -0.481 e. The van der Waals surface area contributed by atoms with Gasteiger partial charge in [-0.1, -0.05) is 71.1 Å². The van der Waals surface area contributed by atoms with Crippen LogP contribution < -0.4 is 0 Å². The quantitative estimate of drug-likeness (QED) is 0.353. The summed E-state index contributed by atoms with van der Waals surface area (Å²) in [5.74, 6) is -0.458. The van der Waals surface area contributed by atoms with E-state index < -0.39 is 5.97 Å². The van der Waals surface area contributed by atoms with Crippen LogP contribution >= 0.6 is 0 Å². The number of hydrogen-bond acceptors (Lipinski definition) is 2. The zero-order valence-electron chi connectivity index (χ0n) is 19.1. The summed E-state index contributed by atoms with van der Waals surface area (Å²) in [7, 11) is 2.19. The molecule has 0 radical (unpaired) electrons. The molecule has 0 aromatic rings. The minimum atomic E-state index is -0.577. The van der Waals surface area contributed by atoms with Crippen LogP contribution in [-0.4, -0.2) is 34.1 Å². The van der Waals surface area contributed by atoms with Gasteiger partial charge in [0.15, 0.2) is 0 Å². The van der Waals surface area contributed by atoms with Crippen LogP contribution in [0.4, 0.5) is 0 Å². The molecule has 3 nitrogen and oxygen atoms in total. The van der Waals surface area contributed by atoms with Crippen molar-refractivity contribution in [3.8, 4) is 0 Å². The van der Waals surface area contributed by atoms with E-state index in [9.17, 15) is 9.90 Å². The maximum atomic E-state index is 12.0. The van der Waals surface area contributed by atoms with E-state index in [1.54, 1.807) is 0 Å². The largest absolute Gasteiger partial charge is 0.481 e. The van der Waals surface area contributed by atoms with Gasteiger partial charge in [-0.25, -0.2) is 0 Å². The highest BCUT2D eigenvalue weighted by molar-refractivity contribution is 5.70. The van der Waals surface area contributed by atoms with Gasteiger partial charge in [0, 0.05) is 11.1 Å². The van der Waals surface area contributed by atoms with Crippen LogP contribution in [0.5, 0.6) is 0 Å². The molecule has 1 unspecified atom stereocenters. The molecule has 1 atom stereocenters. The fourth-order valence-corrected chi connectivity index (χ4v) is 5.15. The van der Waals surface area contributed by atoms with Gasteiger partial charge in [0.25, 0.3) is 0 Å². The molecule has 1 saturated heterocycles. The van der Waals surface area contributed by atoms with E-state index in [2.05, 4.69) is 46.6 Å². The van der Waals surface area contributed by atoms with Crippen LogP contribution in [-0.2, 0) is 4.79 Å². The highest BCUT2D eigenvalue weighted by Crippen LogP contribution is 2.44. The molecular formula is C24H47NO2. The molecule has 0 aliphatic carbocycles. The fourth-order valence-electron chi connectivity index (χ4n) is 5.15. The monoisotopic (exact) mass is 381 g/mol. The SMILES string of the molecule is CCCCCCCCCCCCC(C(=O)O)C1CC(C)(C)N(C)C(C)(C)C1. The minimum absolute atomic E-state index is 0.0674. The Balaban J connectivity index is 2.35. The van der Waals surface area contributed by atoms with Crippen molar-refractivity contribution in [2.75, 3.05) is 7.05 Å². The summed E-state index contributed by atoms with van der Waals surface area (Å²) in [6.07, 6.45) is 15.9. The number of rotatable bonds is 13. The average Bonchev–Trinajstić information content (AvgIpc) is 2.56. The van der Waals surface area contributed by atoms with E-state index in [-0.39, 0.29) is 17.0 Å². The molecule has 1 rings (SSSR count). The second-order valence-corrected chi connectivity index (χ2v) is 10.3. The summed E-state index contributed by atoms with van der Waals surface area (Å²) >= 11 is 0. The molecule has 0 amide bonds. The second kappa shape index (κ2) is 11.4. The van der Waals surface area contributed by atoms with E-state index in [1.165, 1.54) is 57.8 Å². The molecule has 0 spiro atoms. The predicted octanol–water partition coefficient (Wildman–Crippen LogP) is 6.90. The Labute approximate surface area is 169 Å². The van der Waals surface area contributed by atoms with Crippen molar-refractivity contribution in [2.45, 2.75) is 129 Å². The van der Waals surface area contributed by atoms with Crippen LogP contribution in [0.25, 0.3) is 0 Å². The molecule has 1 fully saturated rings. The topological polar surface area (TPSA) is 40.5 Å². The number of carboxylic acids is 1. The number of unbranched alkanes of at least 4 members (excludes halogenated alkanes) is 9. The van der Waals surface area contributed by atoms with Gasteiger partial charge < -0.3 is 5.11 Å². The van der Waals surface area contributed by atoms with Gasteiger partial charge in [0.05, 0.1) is 5.92 Å². The smallest absolute Gasteiger partial charge is 0.306 e. The molecule has 1 heterocycles. The first-order chi connectivity index (χ1) is 12.6. The van der Waals surface area contributed by atoms with Crippen LogP contribution in [0.1, 0.15) is 118 Å². The van der Waals surface area contributed by atoms with Crippen molar-refractivity contribution in [2.24, 2.45) is 11.8 Å². The van der Waals surface area contributed by atoms with Crippen molar-refractivity contribution >= 4 is 5.97 Å². The summed E-state index contributed by atoms with van der Waals surface area (Å²) in [6, 6.07) is 0. The lowest BCUT2D eigenvalue weighted by Gasteiger charge is -2.54. The van der Waals surface area contributed by atoms with Gasteiger partial charge in [-0.2, -0.15) is 0 Å². The molecular weight excluding hydrogens is 334 g/mol. The van der Waals surface area contributed by atoms with Crippen LogP contribution in [0.2, 0.25) is 0 Å². The van der Waals surface area contributed by atoms with Gasteiger partial charge in [-0.15, -0.1) is 0 Å². The lowest BCUT2D eigenvalue weighted by molar-refractivity contribution is -0.147. The van der Waals surface area contributed by atoms with Gasteiger partial charge in [-0.3, -0.25) is 9.69 Å². The number of carbonyl (C=O) groups is 1. The van der Waals surface area contributed by atoms with Crippen LogP contribution in [0.15, 0.2) is 0 Å². The number of piperidine rings is 1. The standard InChI is InChI=1S/C24H47NO2/c1-7-8-9-10-11-12-13-14-15-16-17-21(22(26)27)20-18-23(2,3)25(6)24(4,5)19-20/h20-21H,7-19H2,1-6H3,(H,26,27). The molecule has 27 heavy (non-hydrogen) atoms. The molecule has 0 bridgehead atoms. The second-order valence-electron chi connectivity index (χ2n) is 10.3. The molecule has 3 heteroatoms. The highest BCUT2D eigenvalue weighted by atomic mass is 16.4. The fraction of sp³-hybridized carbons (Fsp3) is 0.958. The Kier molecular flexibility index (Phi) is 10.4. The third kappa shape index (κ3) is 8.13. The number of carboxylic acid groups (broad SMARTS) is 1. The number of nitrogens with zero attached hydrogens (tertiary/aromatic N) is 1. The first-order valence-corrected chi connectivity index (χ1v) is 11.6. The van der Waals surface area contributed by atoms with E-state index in [1.807, 2.05) is 0 Å². The third-order valence-electron chi connectivity index (χ3n) is 7.09. The van der Waals surface area contributed by atoms with E-state index in [0.29, 0.717) is 5.92 Å². The lowest BCUT2D eigenvalue weighted by Crippen LogP contribution is -2.59. The Morgan fingerprint density at radius 3 is 1.70 bits per heavy atom. The zero-order chi connectivity index (χ0) is 20.5. The molecule has 0 aromatic heterocycles. The average molecular weight is 382 g/mol. The number of hydrogen-bond donors (Lipinski definition) is 1. The Hall–Kier alpha value is -0.570. The van der Waals surface area contributed by atoms with Gasteiger partial charge >= 0.3 is 5.97 Å². The molecule has 1 aliphatic rings. The first kappa shape index (κ1) is 24.5. The predicted molar refractivity (Wildman–Crippen MR) is 116 cm³/mol. The molecule has 1 N–H and O–H groups in total. The summed E-state index contributed by atoms with van der Waals surface area (Å²) in [5, 5.41) is 9.86. The Morgan fingerprint density at radius 2 is 1.30 bits per heavy atom. The first-order valence-electron chi connectivity index (χ1n) is 11.6. The Bertz CT molecular complexity index is 412. The molecule has 160 valence electrons. The lowest BCUT2D eigenvalue weighted by atomic mass is 9.68. The molecule has 0 saturated carbocycles. The van der Waals surface area contributed by atoms with Crippen molar-refractivity contribution in [3.63, 3.8) is 0 Å². The molecule has 0 aromatic carbocycles. The normalized spacial score (nSPS) is 21.3. The Morgan fingerprint density at radius 1 is 0.889 bits per heavy atom. The molecule has 1 aliphatic heterocycles. The maximum Gasteiger partial charge on any atom is 0.306 e. The summed E-state index contributed by atoms with van der Waals surface area (Å²) in [5.41, 5.74) is 0.135. The zero-order valence-corrected chi connectivity index (χ0v) is 19.1. The highest BCUT2D eigenvalue weighted by Gasteiger charge is 2.46. The van der Waals surface area contributed by atoms with Crippen molar-refractivity contribution < 1.29 is 9.90 Å². The maximum absolute atomic E-state index is 12.0. The van der Waals surface area contributed by atoms with Gasteiger partial charge in [-0.05, 0) is 59.9 Å². The van der Waals surface area contributed by atoms with E-state index in [4.69, 9.17) is 0 Å².